The van der Waals surface area contributed by atoms with Gasteiger partial charge in [-0.1, -0.05) is 56.2 Å². The first kappa shape index (κ1) is 22.6. The second-order valence-corrected chi connectivity index (χ2v) is 6.02. The van der Waals surface area contributed by atoms with E-state index < -0.39 is 18.2 Å². The number of aliphatic hydroxyl groups excluding tert-OH is 2. The molecule has 2 atom stereocenters. The summed E-state index contributed by atoms with van der Waals surface area (Å²) in [4.78, 5) is 10.2. The van der Waals surface area contributed by atoms with Crippen molar-refractivity contribution >= 4 is 5.97 Å². The monoisotopic (exact) mass is 337 g/mol. The molecule has 0 aromatic rings. The number of carbonyl (C=O) groups excluding carboxylic acids is 1. The molecule has 0 aliphatic carbocycles. The quantitative estimate of drug-likeness (QED) is 0.355. The molecule has 0 fully saturated rings. The molecule has 0 saturated carbocycles. The van der Waals surface area contributed by atoms with Gasteiger partial charge in [-0.15, -0.1) is 0 Å². The predicted octanol–water partition coefficient (Wildman–Crippen LogP) is 3.05. The average molecular weight is 337 g/mol. The van der Waals surface area contributed by atoms with Crippen LogP contribution in [0.3, 0.4) is 0 Å². The molecule has 2 N–H and O–H groups in total. The Hall–Kier alpha value is -1.39. The summed E-state index contributed by atoms with van der Waals surface area (Å²) in [7, 11) is 0. The van der Waals surface area contributed by atoms with Crippen LogP contribution < -0.4 is 5.11 Å². The van der Waals surface area contributed by atoms with Gasteiger partial charge in [-0.25, -0.2) is 0 Å². The number of aliphatic carboxylic acids is 1. The van der Waals surface area contributed by atoms with Crippen molar-refractivity contribution in [2.75, 3.05) is 0 Å². The average Bonchev–Trinajstić information content (AvgIpc) is 2.55. The summed E-state index contributed by atoms with van der Waals surface area (Å²) in [5.41, 5.74) is 0. The number of carboxylic acid groups (broad SMARTS) is 1. The van der Waals surface area contributed by atoms with Crippen LogP contribution in [0.1, 0.15) is 71.1 Å². The van der Waals surface area contributed by atoms with Gasteiger partial charge in [0.05, 0.1) is 12.2 Å². The molecule has 0 radical (unpaired) electrons. The first-order chi connectivity index (χ1) is 11.6. The molecule has 0 rings (SSSR count). The van der Waals surface area contributed by atoms with Crippen molar-refractivity contribution in [2.45, 2.75) is 83.3 Å². The van der Waals surface area contributed by atoms with Gasteiger partial charge in [0, 0.05) is 5.97 Å². The van der Waals surface area contributed by atoms with E-state index in [1.54, 1.807) is 0 Å². The Morgan fingerprint density at radius 2 is 1.42 bits per heavy atom. The lowest BCUT2D eigenvalue weighted by Gasteiger charge is -2.14. The van der Waals surface area contributed by atoms with Crippen LogP contribution in [0.25, 0.3) is 0 Å². The fourth-order valence-corrected chi connectivity index (χ4v) is 2.17. The molecule has 2 unspecified atom stereocenters. The van der Waals surface area contributed by atoms with E-state index in [2.05, 4.69) is 13.0 Å². The van der Waals surface area contributed by atoms with E-state index in [0.717, 1.165) is 19.3 Å². The molecule has 0 saturated heterocycles. The van der Waals surface area contributed by atoms with Gasteiger partial charge in [-0.3, -0.25) is 0 Å². The highest BCUT2D eigenvalue weighted by atomic mass is 16.4. The van der Waals surface area contributed by atoms with E-state index in [1.807, 2.05) is 30.4 Å². The van der Waals surface area contributed by atoms with Crippen LogP contribution in [-0.4, -0.2) is 28.4 Å². The smallest absolute Gasteiger partial charge is 0.0836 e. The van der Waals surface area contributed by atoms with Crippen LogP contribution in [0.4, 0.5) is 0 Å². The van der Waals surface area contributed by atoms with Crippen molar-refractivity contribution in [3.63, 3.8) is 0 Å². The topological polar surface area (TPSA) is 80.6 Å². The number of aliphatic hydroxyl groups is 2. The highest BCUT2D eigenvalue weighted by Crippen LogP contribution is 2.07. The van der Waals surface area contributed by atoms with Gasteiger partial charge in [0.25, 0.3) is 0 Å². The molecule has 138 valence electrons. The largest absolute Gasteiger partial charge is 0.550 e. The Morgan fingerprint density at radius 1 is 0.875 bits per heavy atom. The minimum atomic E-state index is -1.01. The first-order valence-corrected chi connectivity index (χ1v) is 9.08. The third kappa shape index (κ3) is 15.5. The molecule has 0 spiro atoms. The Kier molecular flexibility index (Phi) is 15.5. The molecule has 0 amide bonds. The number of unbranched alkanes of at least 4 members (excludes halogenated alkanes) is 4. The lowest BCUT2D eigenvalue weighted by atomic mass is 10.1. The second-order valence-electron chi connectivity index (χ2n) is 6.02. The van der Waals surface area contributed by atoms with Gasteiger partial charge in [0.1, 0.15) is 0 Å². The fourth-order valence-electron chi connectivity index (χ4n) is 2.17. The second kappa shape index (κ2) is 16.5. The molecule has 0 aliphatic heterocycles. The van der Waals surface area contributed by atoms with Crippen LogP contribution in [0.15, 0.2) is 36.5 Å². The molecular formula is C20H33O4-. The molecule has 0 aliphatic rings. The van der Waals surface area contributed by atoms with Gasteiger partial charge in [0.15, 0.2) is 0 Å². The minimum absolute atomic E-state index is 0.0946. The Bertz CT molecular complexity index is 385. The molecular weight excluding hydrogens is 304 g/mol. The number of rotatable bonds is 15. The number of hydrogen-bond donors (Lipinski definition) is 2. The Labute approximate surface area is 146 Å². The zero-order valence-electron chi connectivity index (χ0n) is 14.9. The third-order valence-electron chi connectivity index (χ3n) is 3.70. The summed E-state index contributed by atoms with van der Waals surface area (Å²) in [5, 5.41) is 30.0. The van der Waals surface area contributed by atoms with Gasteiger partial charge in [-0.05, 0) is 51.4 Å². The van der Waals surface area contributed by atoms with E-state index in [9.17, 15) is 20.1 Å². The first-order valence-electron chi connectivity index (χ1n) is 9.08. The predicted molar refractivity (Wildman–Crippen MR) is 96.3 cm³/mol. The lowest BCUT2D eigenvalue weighted by Crippen LogP contribution is -2.24. The van der Waals surface area contributed by atoms with Gasteiger partial charge in [-0.2, -0.15) is 0 Å². The van der Waals surface area contributed by atoms with Crippen LogP contribution in [0, 0.1) is 0 Å². The SMILES string of the molecule is CCCCC/C=C\CC(O)C(O)C/C=C\C/C=C\CCCC(=O)[O-]. The molecule has 0 bridgehead atoms. The van der Waals surface area contributed by atoms with Crippen LogP contribution in [-0.2, 0) is 4.79 Å². The molecule has 4 heteroatoms. The van der Waals surface area contributed by atoms with Gasteiger partial charge in [0.2, 0.25) is 0 Å². The summed E-state index contributed by atoms with van der Waals surface area (Å²) < 4.78 is 0. The number of carboxylic acids is 1. The van der Waals surface area contributed by atoms with E-state index >= 15 is 0 Å². The van der Waals surface area contributed by atoms with Crippen LogP contribution >= 0.6 is 0 Å². The Balaban J connectivity index is 3.69. The van der Waals surface area contributed by atoms with E-state index in [4.69, 9.17) is 0 Å². The summed E-state index contributed by atoms with van der Waals surface area (Å²) in [6, 6.07) is 0. The highest BCUT2D eigenvalue weighted by Gasteiger charge is 2.12. The standard InChI is InChI=1S/C20H34O4/c1-2-3-4-5-9-12-15-18(21)19(22)16-13-10-7-6-8-11-14-17-20(23)24/h6,8-10,12-13,18-19,21-22H,2-5,7,11,14-17H2,1H3,(H,23,24)/p-1/b8-6-,12-9-,13-10-. The lowest BCUT2D eigenvalue weighted by molar-refractivity contribution is -0.305. The summed E-state index contributed by atoms with van der Waals surface area (Å²) >= 11 is 0. The normalized spacial score (nSPS) is 14.8. The molecule has 0 aromatic carbocycles. The maximum Gasteiger partial charge on any atom is 0.0836 e. The Morgan fingerprint density at radius 3 is 2.04 bits per heavy atom. The van der Waals surface area contributed by atoms with Gasteiger partial charge < -0.3 is 20.1 Å². The molecule has 4 nitrogen and oxygen atoms in total. The van der Waals surface area contributed by atoms with Crippen molar-refractivity contribution in [3.05, 3.63) is 36.5 Å². The number of hydrogen-bond acceptors (Lipinski definition) is 4. The van der Waals surface area contributed by atoms with E-state index in [1.165, 1.54) is 19.3 Å². The summed E-state index contributed by atoms with van der Waals surface area (Å²) in [6.07, 6.45) is 18.0. The molecule has 0 aromatic heterocycles. The van der Waals surface area contributed by atoms with E-state index in [-0.39, 0.29) is 6.42 Å². The maximum absolute atomic E-state index is 10.2. The summed E-state index contributed by atoms with van der Waals surface area (Å²) in [6.45, 7) is 2.17. The zero-order chi connectivity index (χ0) is 18.0. The van der Waals surface area contributed by atoms with Crippen molar-refractivity contribution in [1.29, 1.82) is 0 Å². The van der Waals surface area contributed by atoms with Crippen molar-refractivity contribution in [1.82, 2.24) is 0 Å². The zero-order valence-corrected chi connectivity index (χ0v) is 14.9. The summed E-state index contributed by atoms with van der Waals surface area (Å²) in [5.74, 6) is -1.01. The van der Waals surface area contributed by atoms with Crippen molar-refractivity contribution < 1.29 is 20.1 Å². The number of allylic oxidation sites excluding steroid dienone is 4. The highest BCUT2D eigenvalue weighted by molar-refractivity contribution is 5.64. The van der Waals surface area contributed by atoms with Crippen LogP contribution in [0.2, 0.25) is 0 Å². The van der Waals surface area contributed by atoms with Crippen molar-refractivity contribution in [3.8, 4) is 0 Å². The number of carbonyl (C=O) groups is 1. The maximum atomic E-state index is 10.2. The van der Waals surface area contributed by atoms with Gasteiger partial charge >= 0.3 is 0 Å². The van der Waals surface area contributed by atoms with Crippen LogP contribution in [0.5, 0.6) is 0 Å². The van der Waals surface area contributed by atoms with E-state index in [0.29, 0.717) is 19.3 Å². The fraction of sp³-hybridized carbons (Fsp3) is 0.650. The third-order valence-corrected chi connectivity index (χ3v) is 3.70. The molecule has 0 heterocycles. The van der Waals surface area contributed by atoms with Crippen molar-refractivity contribution in [2.24, 2.45) is 0 Å². The minimum Gasteiger partial charge on any atom is -0.550 e. The molecule has 24 heavy (non-hydrogen) atoms.